The van der Waals surface area contributed by atoms with E-state index in [0.29, 0.717) is 5.92 Å². The Morgan fingerprint density at radius 2 is 2.00 bits per heavy atom. The summed E-state index contributed by atoms with van der Waals surface area (Å²) >= 11 is 0. The predicted octanol–water partition coefficient (Wildman–Crippen LogP) is 2.67. The van der Waals surface area contributed by atoms with Crippen LogP contribution in [0.15, 0.2) is 18.2 Å². The third-order valence-electron chi connectivity index (χ3n) is 2.34. The molecule has 0 aliphatic carbocycles. The van der Waals surface area contributed by atoms with Gasteiger partial charge in [-0.15, -0.1) is 0 Å². The standard InChI is InChI=1S/C12H20N2/c1-9(2)8-14(4)11-6-5-10(3)12(13)7-11/h5-7,9H,8,13H2,1-4H3. The van der Waals surface area contributed by atoms with Gasteiger partial charge in [0.05, 0.1) is 0 Å². The number of benzene rings is 1. The topological polar surface area (TPSA) is 29.3 Å². The van der Waals surface area contributed by atoms with Crippen LogP contribution in [-0.4, -0.2) is 13.6 Å². The Hall–Kier alpha value is -1.18. The number of nitrogen functional groups attached to an aromatic ring is 1. The monoisotopic (exact) mass is 192 g/mol. The Labute approximate surface area is 86.7 Å². The fraction of sp³-hybridized carbons (Fsp3) is 0.500. The molecule has 2 heteroatoms. The van der Waals surface area contributed by atoms with E-state index in [1.807, 2.05) is 13.0 Å². The summed E-state index contributed by atoms with van der Waals surface area (Å²) in [6, 6.07) is 6.23. The van der Waals surface area contributed by atoms with Crippen molar-refractivity contribution in [3.05, 3.63) is 23.8 Å². The minimum absolute atomic E-state index is 0.669. The van der Waals surface area contributed by atoms with Crippen LogP contribution in [-0.2, 0) is 0 Å². The molecule has 0 heterocycles. The van der Waals surface area contributed by atoms with Crippen LogP contribution in [0.4, 0.5) is 11.4 Å². The molecule has 0 amide bonds. The van der Waals surface area contributed by atoms with Crippen LogP contribution >= 0.6 is 0 Å². The third-order valence-corrected chi connectivity index (χ3v) is 2.34. The summed E-state index contributed by atoms with van der Waals surface area (Å²) in [7, 11) is 2.10. The van der Waals surface area contributed by atoms with Crippen LogP contribution in [0.1, 0.15) is 19.4 Å². The van der Waals surface area contributed by atoms with Gasteiger partial charge in [-0.3, -0.25) is 0 Å². The summed E-state index contributed by atoms with van der Waals surface area (Å²) in [5.41, 5.74) is 9.08. The van der Waals surface area contributed by atoms with Crippen LogP contribution < -0.4 is 10.6 Å². The lowest BCUT2D eigenvalue weighted by molar-refractivity contribution is 0.638. The first-order valence-corrected chi connectivity index (χ1v) is 5.08. The van der Waals surface area contributed by atoms with Gasteiger partial charge in [0, 0.05) is 25.0 Å². The number of hydrogen-bond acceptors (Lipinski definition) is 2. The highest BCUT2D eigenvalue weighted by atomic mass is 15.1. The molecule has 1 rings (SSSR count). The lowest BCUT2D eigenvalue weighted by Gasteiger charge is -2.22. The molecule has 2 N–H and O–H groups in total. The predicted molar refractivity (Wildman–Crippen MR) is 63.7 cm³/mol. The first-order chi connectivity index (χ1) is 6.50. The maximum atomic E-state index is 5.86. The van der Waals surface area contributed by atoms with E-state index in [9.17, 15) is 0 Å². The van der Waals surface area contributed by atoms with Crippen molar-refractivity contribution in [2.45, 2.75) is 20.8 Å². The molecule has 0 aliphatic heterocycles. The van der Waals surface area contributed by atoms with Crippen molar-refractivity contribution in [1.29, 1.82) is 0 Å². The number of hydrogen-bond donors (Lipinski definition) is 1. The number of aryl methyl sites for hydroxylation is 1. The van der Waals surface area contributed by atoms with Crippen molar-refractivity contribution < 1.29 is 0 Å². The normalized spacial score (nSPS) is 10.6. The summed E-state index contributed by atoms with van der Waals surface area (Å²) in [5.74, 6) is 0.669. The van der Waals surface area contributed by atoms with E-state index in [1.165, 1.54) is 5.69 Å². The molecule has 0 atom stereocenters. The van der Waals surface area contributed by atoms with Crippen molar-refractivity contribution in [3.8, 4) is 0 Å². The molecule has 0 radical (unpaired) electrons. The average Bonchev–Trinajstić information content (AvgIpc) is 2.08. The Kier molecular flexibility index (Phi) is 3.39. The van der Waals surface area contributed by atoms with Gasteiger partial charge in [0.25, 0.3) is 0 Å². The Bertz CT molecular complexity index is 305. The molecule has 1 aromatic carbocycles. The van der Waals surface area contributed by atoms with Crippen LogP contribution in [0.3, 0.4) is 0 Å². The Balaban J connectivity index is 2.80. The van der Waals surface area contributed by atoms with Crippen molar-refractivity contribution >= 4 is 11.4 Å². The first kappa shape index (κ1) is 10.9. The number of nitrogens with two attached hydrogens (primary N) is 1. The first-order valence-electron chi connectivity index (χ1n) is 5.08. The zero-order valence-corrected chi connectivity index (χ0v) is 9.54. The molecule has 14 heavy (non-hydrogen) atoms. The van der Waals surface area contributed by atoms with Crippen LogP contribution in [0, 0.1) is 12.8 Å². The fourth-order valence-electron chi connectivity index (χ4n) is 1.52. The van der Waals surface area contributed by atoms with Crippen LogP contribution in [0.2, 0.25) is 0 Å². The van der Waals surface area contributed by atoms with E-state index >= 15 is 0 Å². The fourth-order valence-corrected chi connectivity index (χ4v) is 1.52. The lowest BCUT2D eigenvalue weighted by Crippen LogP contribution is -2.22. The highest BCUT2D eigenvalue weighted by molar-refractivity contribution is 5.59. The van der Waals surface area contributed by atoms with E-state index in [2.05, 4.69) is 37.9 Å². The van der Waals surface area contributed by atoms with Crippen molar-refractivity contribution in [3.63, 3.8) is 0 Å². The molecular formula is C12H20N2. The highest BCUT2D eigenvalue weighted by Crippen LogP contribution is 2.20. The van der Waals surface area contributed by atoms with Crippen molar-refractivity contribution in [1.82, 2.24) is 0 Å². The summed E-state index contributed by atoms with van der Waals surface area (Å²) < 4.78 is 0. The summed E-state index contributed by atoms with van der Waals surface area (Å²) in [6.45, 7) is 7.52. The van der Waals surface area contributed by atoms with Crippen LogP contribution in [0.25, 0.3) is 0 Å². The van der Waals surface area contributed by atoms with E-state index in [-0.39, 0.29) is 0 Å². The Morgan fingerprint density at radius 3 is 2.50 bits per heavy atom. The lowest BCUT2D eigenvalue weighted by atomic mass is 10.1. The smallest absolute Gasteiger partial charge is 0.0384 e. The molecule has 0 aromatic heterocycles. The highest BCUT2D eigenvalue weighted by Gasteiger charge is 2.04. The second kappa shape index (κ2) is 4.36. The van der Waals surface area contributed by atoms with E-state index in [0.717, 1.165) is 17.8 Å². The van der Waals surface area contributed by atoms with Gasteiger partial charge in [0.2, 0.25) is 0 Å². The maximum absolute atomic E-state index is 5.86. The molecule has 2 nitrogen and oxygen atoms in total. The quantitative estimate of drug-likeness (QED) is 0.746. The van der Waals surface area contributed by atoms with E-state index in [1.54, 1.807) is 0 Å². The molecule has 1 aromatic rings. The molecule has 0 spiro atoms. The third kappa shape index (κ3) is 2.66. The largest absolute Gasteiger partial charge is 0.398 e. The second-order valence-electron chi connectivity index (χ2n) is 4.32. The average molecular weight is 192 g/mol. The second-order valence-corrected chi connectivity index (χ2v) is 4.32. The zero-order valence-electron chi connectivity index (χ0n) is 9.54. The molecule has 0 saturated heterocycles. The Morgan fingerprint density at radius 1 is 1.36 bits per heavy atom. The van der Waals surface area contributed by atoms with E-state index in [4.69, 9.17) is 5.73 Å². The summed E-state index contributed by atoms with van der Waals surface area (Å²) in [4.78, 5) is 2.24. The van der Waals surface area contributed by atoms with Crippen molar-refractivity contribution in [2.24, 2.45) is 5.92 Å². The molecule has 0 aliphatic rings. The molecule has 0 unspecified atom stereocenters. The van der Waals surface area contributed by atoms with Gasteiger partial charge >= 0.3 is 0 Å². The minimum Gasteiger partial charge on any atom is -0.398 e. The van der Waals surface area contributed by atoms with E-state index < -0.39 is 0 Å². The molecule has 0 fully saturated rings. The minimum atomic E-state index is 0.669. The van der Waals surface area contributed by atoms with Gasteiger partial charge in [0.15, 0.2) is 0 Å². The number of anilines is 2. The SMILES string of the molecule is Cc1ccc(N(C)CC(C)C)cc1N. The molecular weight excluding hydrogens is 172 g/mol. The van der Waals surface area contributed by atoms with Crippen molar-refractivity contribution in [2.75, 3.05) is 24.2 Å². The van der Waals surface area contributed by atoms with Gasteiger partial charge in [-0.1, -0.05) is 19.9 Å². The number of nitrogens with zero attached hydrogens (tertiary/aromatic N) is 1. The van der Waals surface area contributed by atoms with Gasteiger partial charge < -0.3 is 10.6 Å². The van der Waals surface area contributed by atoms with Gasteiger partial charge in [-0.25, -0.2) is 0 Å². The molecule has 0 saturated carbocycles. The summed E-state index contributed by atoms with van der Waals surface area (Å²) in [6.07, 6.45) is 0. The molecule has 78 valence electrons. The van der Waals surface area contributed by atoms with Gasteiger partial charge in [-0.2, -0.15) is 0 Å². The van der Waals surface area contributed by atoms with Gasteiger partial charge in [0.1, 0.15) is 0 Å². The molecule has 0 bridgehead atoms. The van der Waals surface area contributed by atoms with Crippen LogP contribution in [0.5, 0.6) is 0 Å². The number of rotatable bonds is 3. The zero-order chi connectivity index (χ0) is 10.7. The summed E-state index contributed by atoms with van der Waals surface area (Å²) in [5, 5.41) is 0. The maximum Gasteiger partial charge on any atom is 0.0384 e. The van der Waals surface area contributed by atoms with Gasteiger partial charge in [-0.05, 0) is 30.5 Å².